The number of amides is 1. The zero-order valence-corrected chi connectivity index (χ0v) is 19.5. The molecule has 0 atom stereocenters. The molecule has 5 rings (SSSR count). The lowest BCUT2D eigenvalue weighted by molar-refractivity contribution is -0.110. The normalized spacial score (nSPS) is 14.2. The highest BCUT2D eigenvalue weighted by atomic mass is 32.2. The van der Waals surface area contributed by atoms with Crippen LogP contribution in [0.5, 0.6) is 0 Å². The van der Waals surface area contributed by atoms with Crippen LogP contribution in [0.1, 0.15) is 21.5 Å². The van der Waals surface area contributed by atoms with Crippen molar-refractivity contribution in [3.8, 4) is 0 Å². The quantitative estimate of drug-likeness (QED) is 0.111. The van der Waals surface area contributed by atoms with Gasteiger partial charge in [0.1, 0.15) is 5.04 Å². The monoisotopic (exact) mass is 475 g/mol. The van der Waals surface area contributed by atoms with Crippen molar-refractivity contribution in [3.05, 3.63) is 137 Å². The molecule has 0 saturated heterocycles. The van der Waals surface area contributed by atoms with Crippen LogP contribution < -0.4 is 10.7 Å². The molecule has 1 aliphatic rings. The number of hydrogen-bond acceptors (Lipinski definition) is 5. The van der Waals surface area contributed by atoms with Gasteiger partial charge in [0.25, 0.3) is 5.91 Å². The van der Waals surface area contributed by atoms with Crippen molar-refractivity contribution in [1.82, 2.24) is 0 Å². The molecule has 0 fully saturated rings. The van der Waals surface area contributed by atoms with E-state index < -0.39 is 0 Å². The molecule has 4 aromatic carbocycles. The average Bonchev–Trinajstić information content (AvgIpc) is 3.25. The van der Waals surface area contributed by atoms with Crippen LogP contribution in [-0.4, -0.2) is 16.7 Å². The van der Waals surface area contributed by atoms with Crippen LogP contribution in [0, 0.1) is 0 Å². The van der Waals surface area contributed by atoms with E-state index in [0.29, 0.717) is 32.3 Å². The highest BCUT2D eigenvalue weighted by Crippen LogP contribution is 2.39. The Kier molecular flexibility index (Phi) is 6.55. The SMILES string of the molecule is O=C1Nc2ccccc2/C1=C(\S/C(=N\Nc1ccccc1)c1ccccc1)C(=O)c1ccccc1. The third-order valence-electron chi connectivity index (χ3n) is 5.42. The molecule has 0 aromatic heterocycles. The predicted octanol–water partition coefficient (Wildman–Crippen LogP) is 6.44. The number of hydrogen-bond donors (Lipinski definition) is 2. The number of Topliss-reactive ketones (excluding diaryl/α,β-unsaturated/α-hetero) is 1. The zero-order valence-electron chi connectivity index (χ0n) is 18.6. The number of nitrogens with one attached hydrogen (secondary N) is 2. The summed E-state index contributed by atoms with van der Waals surface area (Å²) >= 11 is 1.19. The van der Waals surface area contributed by atoms with E-state index in [1.807, 2.05) is 103 Å². The van der Waals surface area contributed by atoms with E-state index >= 15 is 0 Å². The first-order valence-electron chi connectivity index (χ1n) is 11.1. The molecular formula is C29H21N3O2S. The second-order valence-corrected chi connectivity index (χ2v) is 8.76. The Hall–Kier alpha value is -4.42. The number of ketones is 1. The minimum Gasteiger partial charge on any atom is -0.321 e. The lowest BCUT2D eigenvalue weighted by Crippen LogP contribution is -2.12. The van der Waals surface area contributed by atoms with E-state index in [0.717, 1.165) is 11.3 Å². The van der Waals surface area contributed by atoms with Crippen LogP contribution in [0.4, 0.5) is 11.4 Å². The molecule has 1 aliphatic heterocycles. The fraction of sp³-hybridized carbons (Fsp3) is 0. The van der Waals surface area contributed by atoms with Gasteiger partial charge >= 0.3 is 0 Å². The smallest absolute Gasteiger partial charge is 0.257 e. The molecule has 35 heavy (non-hydrogen) atoms. The van der Waals surface area contributed by atoms with Gasteiger partial charge < -0.3 is 5.32 Å². The molecule has 2 N–H and O–H groups in total. The third kappa shape index (κ3) is 4.93. The van der Waals surface area contributed by atoms with E-state index in [4.69, 9.17) is 0 Å². The second kappa shape index (κ2) is 10.2. The summed E-state index contributed by atoms with van der Waals surface area (Å²) in [6.07, 6.45) is 0. The predicted molar refractivity (Wildman–Crippen MR) is 143 cm³/mol. The molecule has 1 amide bonds. The number of rotatable bonds is 6. The van der Waals surface area contributed by atoms with Crippen LogP contribution in [0.15, 0.2) is 125 Å². The number of hydrazone groups is 1. The average molecular weight is 476 g/mol. The maximum absolute atomic E-state index is 13.8. The molecule has 6 heteroatoms. The molecule has 4 aromatic rings. The molecule has 0 bridgehead atoms. The van der Waals surface area contributed by atoms with Gasteiger partial charge in [-0.05, 0) is 18.2 Å². The number of nitrogens with zero attached hydrogens (tertiary/aromatic N) is 1. The summed E-state index contributed by atoms with van der Waals surface area (Å²) in [6.45, 7) is 0. The van der Waals surface area contributed by atoms with Gasteiger partial charge in [-0.15, -0.1) is 0 Å². The fourth-order valence-corrected chi connectivity index (χ4v) is 4.78. The van der Waals surface area contributed by atoms with Gasteiger partial charge in [0.05, 0.1) is 16.2 Å². The molecule has 0 radical (unpaired) electrons. The van der Waals surface area contributed by atoms with E-state index in [2.05, 4.69) is 15.8 Å². The van der Waals surface area contributed by atoms with E-state index in [9.17, 15) is 9.59 Å². The van der Waals surface area contributed by atoms with E-state index in [1.54, 1.807) is 12.1 Å². The van der Waals surface area contributed by atoms with Crippen molar-refractivity contribution >= 4 is 45.4 Å². The van der Waals surface area contributed by atoms with Crippen molar-refractivity contribution in [1.29, 1.82) is 0 Å². The molecular weight excluding hydrogens is 454 g/mol. The first kappa shape index (κ1) is 22.4. The van der Waals surface area contributed by atoms with Gasteiger partial charge in [-0.1, -0.05) is 109 Å². The number of para-hydroxylation sites is 2. The Balaban J connectivity index is 1.64. The maximum atomic E-state index is 13.8. The van der Waals surface area contributed by atoms with Gasteiger partial charge in [0.15, 0.2) is 0 Å². The molecule has 0 spiro atoms. The Morgan fingerprint density at radius 3 is 1.97 bits per heavy atom. The Morgan fingerprint density at radius 1 is 0.714 bits per heavy atom. The molecule has 0 unspecified atom stereocenters. The lowest BCUT2D eigenvalue weighted by Gasteiger charge is -2.13. The first-order valence-corrected chi connectivity index (χ1v) is 11.9. The summed E-state index contributed by atoms with van der Waals surface area (Å²) in [4.78, 5) is 27.2. The zero-order chi connectivity index (χ0) is 24.0. The van der Waals surface area contributed by atoms with Crippen molar-refractivity contribution < 1.29 is 9.59 Å². The van der Waals surface area contributed by atoms with Crippen LogP contribution in [0.3, 0.4) is 0 Å². The second-order valence-electron chi connectivity index (χ2n) is 7.76. The highest BCUT2D eigenvalue weighted by molar-refractivity contribution is 8.18. The molecule has 0 saturated carbocycles. The van der Waals surface area contributed by atoms with Gasteiger partial charge in [-0.2, -0.15) is 5.10 Å². The summed E-state index contributed by atoms with van der Waals surface area (Å²) in [5.74, 6) is -0.540. The molecule has 5 nitrogen and oxygen atoms in total. The Bertz CT molecular complexity index is 1430. The van der Waals surface area contributed by atoms with Crippen LogP contribution in [0.25, 0.3) is 5.57 Å². The highest BCUT2D eigenvalue weighted by Gasteiger charge is 2.32. The van der Waals surface area contributed by atoms with Crippen molar-refractivity contribution in [2.75, 3.05) is 10.7 Å². The number of anilines is 2. The van der Waals surface area contributed by atoms with Crippen LogP contribution in [-0.2, 0) is 4.79 Å². The topological polar surface area (TPSA) is 70.6 Å². The maximum Gasteiger partial charge on any atom is 0.257 e. The number of carbonyl (C=O) groups excluding carboxylic acids is 2. The van der Waals surface area contributed by atoms with Crippen molar-refractivity contribution in [2.45, 2.75) is 0 Å². The largest absolute Gasteiger partial charge is 0.321 e. The summed E-state index contributed by atoms with van der Waals surface area (Å²) in [7, 11) is 0. The van der Waals surface area contributed by atoms with Crippen molar-refractivity contribution in [3.63, 3.8) is 0 Å². The molecule has 1 heterocycles. The van der Waals surface area contributed by atoms with Crippen molar-refractivity contribution in [2.24, 2.45) is 5.10 Å². The molecule has 170 valence electrons. The number of fused-ring (bicyclic) bond motifs is 1. The number of thioether (sulfide) groups is 1. The number of benzene rings is 4. The van der Waals surface area contributed by atoms with Gasteiger partial charge in [-0.3, -0.25) is 15.0 Å². The number of allylic oxidation sites excluding steroid dienone is 1. The summed E-state index contributed by atoms with van der Waals surface area (Å²) in [5.41, 5.74) is 6.96. The summed E-state index contributed by atoms with van der Waals surface area (Å²) < 4.78 is 0. The van der Waals surface area contributed by atoms with Gasteiger partial charge in [-0.25, -0.2) is 0 Å². The third-order valence-corrected chi connectivity index (χ3v) is 6.53. The lowest BCUT2D eigenvalue weighted by atomic mass is 10.0. The summed E-state index contributed by atoms with van der Waals surface area (Å²) in [5, 5.41) is 8.10. The van der Waals surface area contributed by atoms with Gasteiger partial charge in [0, 0.05) is 22.4 Å². The van der Waals surface area contributed by atoms with Gasteiger partial charge in [0.2, 0.25) is 5.78 Å². The minimum atomic E-state index is -0.304. The van der Waals surface area contributed by atoms with E-state index in [1.165, 1.54) is 11.8 Å². The van der Waals surface area contributed by atoms with Crippen LogP contribution >= 0.6 is 11.8 Å². The standard InChI is InChI=1S/C29H21N3O2S/c33-26(20-12-4-1-5-13-20)27(25-23-18-10-11-19-24(23)30-28(25)34)35-29(21-14-6-2-7-15-21)32-31-22-16-8-3-9-17-22/h1-19,31H,(H,30,34)/b27-25+,32-29-. The molecule has 0 aliphatic carbocycles. The van der Waals surface area contributed by atoms with Crippen LogP contribution in [0.2, 0.25) is 0 Å². The first-order chi connectivity index (χ1) is 17.2. The Morgan fingerprint density at radius 2 is 1.29 bits per heavy atom. The Labute approximate surface area is 207 Å². The number of carbonyl (C=O) groups is 2. The van der Waals surface area contributed by atoms with E-state index in [-0.39, 0.29) is 11.7 Å². The minimum absolute atomic E-state index is 0.235. The summed E-state index contributed by atoms with van der Waals surface area (Å²) in [6, 6.07) is 35.6. The fourth-order valence-electron chi connectivity index (χ4n) is 3.73.